The maximum atomic E-state index is 6.18. The van der Waals surface area contributed by atoms with Gasteiger partial charge in [-0.2, -0.15) is 4.98 Å². The first-order chi connectivity index (χ1) is 11.6. The first-order valence-electron chi connectivity index (χ1n) is 7.49. The zero-order valence-corrected chi connectivity index (χ0v) is 14.5. The van der Waals surface area contributed by atoms with E-state index in [0.717, 1.165) is 5.82 Å². The Hall–Kier alpha value is -2.30. The van der Waals surface area contributed by atoms with Crippen LogP contribution in [0.2, 0.25) is 10.0 Å². The predicted molar refractivity (Wildman–Crippen MR) is 100 cm³/mol. The SMILES string of the molecule is CC(Nc1ccnc(Nc2cccc(Cl)c2Cl)n1)c1ccccc1. The molecule has 0 aliphatic carbocycles. The summed E-state index contributed by atoms with van der Waals surface area (Å²) in [5, 5.41) is 7.37. The van der Waals surface area contributed by atoms with E-state index in [-0.39, 0.29) is 6.04 Å². The minimum Gasteiger partial charge on any atom is -0.363 e. The van der Waals surface area contributed by atoms with Crippen molar-refractivity contribution in [1.29, 1.82) is 0 Å². The average molecular weight is 359 g/mol. The number of benzene rings is 2. The second-order valence-corrected chi connectivity index (χ2v) is 6.05. The Morgan fingerprint density at radius 2 is 1.75 bits per heavy atom. The van der Waals surface area contributed by atoms with Crippen molar-refractivity contribution in [3.8, 4) is 0 Å². The molecule has 0 saturated heterocycles. The summed E-state index contributed by atoms with van der Waals surface area (Å²) in [7, 11) is 0. The predicted octanol–water partition coefficient (Wildman–Crippen LogP) is 5.70. The van der Waals surface area contributed by atoms with E-state index < -0.39 is 0 Å². The van der Waals surface area contributed by atoms with Gasteiger partial charge < -0.3 is 10.6 Å². The monoisotopic (exact) mass is 358 g/mol. The average Bonchev–Trinajstić information content (AvgIpc) is 2.60. The number of nitrogens with one attached hydrogen (secondary N) is 2. The number of anilines is 3. The maximum Gasteiger partial charge on any atom is 0.229 e. The number of halogens is 2. The molecule has 0 saturated carbocycles. The quantitative estimate of drug-likeness (QED) is 0.614. The fourth-order valence-electron chi connectivity index (χ4n) is 2.27. The van der Waals surface area contributed by atoms with Crippen LogP contribution in [0.4, 0.5) is 17.5 Å². The van der Waals surface area contributed by atoms with Crippen LogP contribution in [0.15, 0.2) is 60.8 Å². The lowest BCUT2D eigenvalue weighted by Gasteiger charge is -2.15. The Morgan fingerprint density at radius 3 is 2.54 bits per heavy atom. The third-order valence-corrected chi connectivity index (χ3v) is 4.34. The van der Waals surface area contributed by atoms with Crippen LogP contribution in [-0.2, 0) is 0 Å². The van der Waals surface area contributed by atoms with E-state index >= 15 is 0 Å². The second-order valence-electron chi connectivity index (χ2n) is 5.27. The van der Waals surface area contributed by atoms with E-state index in [1.165, 1.54) is 5.56 Å². The zero-order valence-electron chi connectivity index (χ0n) is 13.0. The van der Waals surface area contributed by atoms with Gasteiger partial charge in [0, 0.05) is 12.2 Å². The highest BCUT2D eigenvalue weighted by molar-refractivity contribution is 6.43. The molecule has 0 radical (unpaired) electrons. The van der Waals surface area contributed by atoms with Crippen molar-refractivity contribution < 1.29 is 0 Å². The lowest BCUT2D eigenvalue weighted by Crippen LogP contribution is -2.09. The van der Waals surface area contributed by atoms with Crippen molar-refractivity contribution in [2.75, 3.05) is 10.6 Å². The second kappa shape index (κ2) is 7.51. The maximum absolute atomic E-state index is 6.18. The van der Waals surface area contributed by atoms with Crippen LogP contribution in [0.3, 0.4) is 0 Å². The largest absolute Gasteiger partial charge is 0.363 e. The standard InChI is InChI=1S/C18H16Cl2N4/c1-12(13-6-3-2-4-7-13)22-16-10-11-21-18(24-16)23-15-9-5-8-14(19)17(15)20/h2-12H,1H3,(H2,21,22,23,24). The van der Waals surface area contributed by atoms with Gasteiger partial charge in [0.05, 0.1) is 15.7 Å². The highest BCUT2D eigenvalue weighted by Crippen LogP contribution is 2.31. The van der Waals surface area contributed by atoms with E-state index in [2.05, 4.69) is 39.7 Å². The Kier molecular flexibility index (Phi) is 5.18. The molecule has 122 valence electrons. The summed E-state index contributed by atoms with van der Waals surface area (Å²) in [5.41, 5.74) is 1.85. The molecular weight excluding hydrogens is 343 g/mol. The van der Waals surface area contributed by atoms with Crippen LogP contribution in [0.5, 0.6) is 0 Å². The molecule has 0 spiro atoms. The fourth-order valence-corrected chi connectivity index (χ4v) is 2.61. The van der Waals surface area contributed by atoms with Gasteiger partial charge in [0.1, 0.15) is 5.82 Å². The molecule has 4 nitrogen and oxygen atoms in total. The molecule has 3 aromatic rings. The van der Waals surface area contributed by atoms with Gasteiger partial charge in [0.2, 0.25) is 5.95 Å². The van der Waals surface area contributed by atoms with Crippen LogP contribution in [0.25, 0.3) is 0 Å². The van der Waals surface area contributed by atoms with Crippen molar-refractivity contribution in [2.45, 2.75) is 13.0 Å². The van der Waals surface area contributed by atoms with Crippen molar-refractivity contribution in [3.63, 3.8) is 0 Å². The van der Waals surface area contributed by atoms with Crippen LogP contribution in [0, 0.1) is 0 Å². The summed E-state index contributed by atoms with van der Waals surface area (Å²) in [6.45, 7) is 2.08. The van der Waals surface area contributed by atoms with Gasteiger partial charge in [-0.3, -0.25) is 0 Å². The Labute approximate surface area is 150 Å². The van der Waals surface area contributed by atoms with E-state index in [9.17, 15) is 0 Å². The summed E-state index contributed by atoms with van der Waals surface area (Å²) >= 11 is 12.2. The molecule has 0 amide bonds. The fraction of sp³-hybridized carbons (Fsp3) is 0.111. The molecule has 0 bridgehead atoms. The Bertz CT molecular complexity index is 824. The molecular formula is C18H16Cl2N4. The van der Waals surface area contributed by atoms with Gasteiger partial charge in [0.25, 0.3) is 0 Å². The van der Waals surface area contributed by atoms with Crippen LogP contribution >= 0.6 is 23.2 Å². The van der Waals surface area contributed by atoms with Crippen LogP contribution in [-0.4, -0.2) is 9.97 Å². The molecule has 3 rings (SSSR count). The molecule has 0 fully saturated rings. The molecule has 1 heterocycles. The summed E-state index contributed by atoms with van der Waals surface area (Å²) in [4.78, 5) is 8.69. The minimum absolute atomic E-state index is 0.128. The van der Waals surface area contributed by atoms with Gasteiger partial charge in [-0.05, 0) is 30.7 Å². The summed E-state index contributed by atoms with van der Waals surface area (Å²) in [6, 6.07) is 17.5. The molecule has 1 aromatic heterocycles. The third-order valence-electron chi connectivity index (χ3n) is 3.52. The lowest BCUT2D eigenvalue weighted by atomic mass is 10.1. The molecule has 24 heavy (non-hydrogen) atoms. The highest BCUT2D eigenvalue weighted by atomic mass is 35.5. The molecule has 0 aliphatic heterocycles. The highest BCUT2D eigenvalue weighted by Gasteiger charge is 2.08. The number of nitrogens with zero attached hydrogens (tertiary/aromatic N) is 2. The first kappa shape index (κ1) is 16.6. The van der Waals surface area contributed by atoms with Crippen molar-refractivity contribution in [3.05, 3.63) is 76.4 Å². The molecule has 2 aromatic carbocycles. The van der Waals surface area contributed by atoms with Crippen molar-refractivity contribution in [1.82, 2.24) is 9.97 Å². The van der Waals surface area contributed by atoms with Gasteiger partial charge >= 0.3 is 0 Å². The van der Waals surface area contributed by atoms with E-state index in [1.807, 2.05) is 36.4 Å². The zero-order chi connectivity index (χ0) is 16.9. The van der Waals surface area contributed by atoms with E-state index in [0.29, 0.717) is 21.7 Å². The van der Waals surface area contributed by atoms with E-state index in [1.54, 1.807) is 12.3 Å². The molecule has 1 unspecified atom stereocenters. The van der Waals surface area contributed by atoms with Gasteiger partial charge in [-0.15, -0.1) is 0 Å². The topological polar surface area (TPSA) is 49.8 Å². The van der Waals surface area contributed by atoms with E-state index in [4.69, 9.17) is 23.2 Å². The molecule has 1 atom stereocenters. The number of aromatic nitrogens is 2. The smallest absolute Gasteiger partial charge is 0.229 e. The summed E-state index contributed by atoms with van der Waals surface area (Å²) < 4.78 is 0. The van der Waals surface area contributed by atoms with Gasteiger partial charge in [0.15, 0.2) is 0 Å². The van der Waals surface area contributed by atoms with Gasteiger partial charge in [-0.25, -0.2) is 4.98 Å². The third kappa shape index (κ3) is 3.96. The van der Waals surface area contributed by atoms with Crippen molar-refractivity contribution >= 4 is 40.7 Å². The normalized spacial score (nSPS) is 11.8. The lowest BCUT2D eigenvalue weighted by molar-refractivity contribution is 0.873. The molecule has 6 heteroatoms. The summed E-state index contributed by atoms with van der Waals surface area (Å²) in [5.74, 6) is 1.17. The Morgan fingerprint density at radius 1 is 0.958 bits per heavy atom. The number of hydrogen-bond donors (Lipinski definition) is 2. The van der Waals surface area contributed by atoms with Crippen molar-refractivity contribution in [2.24, 2.45) is 0 Å². The van der Waals surface area contributed by atoms with Gasteiger partial charge in [-0.1, -0.05) is 59.6 Å². The number of hydrogen-bond acceptors (Lipinski definition) is 4. The minimum atomic E-state index is 0.128. The molecule has 0 aliphatic rings. The Balaban J connectivity index is 1.76. The summed E-state index contributed by atoms with van der Waals surface area (Å²) in [6.07, 6.45) is 1.69. The number of rotatable bonds is 5. The van der Waals surface area contributed by atoms with Crippen LogP contribution in [0.1, 0.15) is 18.5 Å². The molecule has 2 N–H and O–H groups in total. The first-order valence-corrected chi connectivity index (χ1v) is 8.24. The van der Waals surface area contributed by atoms with Crippen LogP contribution < -0.4 is 10.6 Å².